The summed E-state index contributed by atoms with van der Waals surface area (Å²) in [5.74, 6) is 3.20. The van der Waals surface area contributed by atoms with Crippen LogP contribution in [0.4, 0.5) is 4.79 Å². The molecule has 0 aliphatic carbocycles. The Morgan fingerprint density at radius 1 is 0.636 bits per heavy atom. The first-order valence-corrected chi connectivity index (χ1v) is 14.7. The first-order valence-electron chi connectivity index (χ1n) is 14.7. The van der Waals surface area contributed by atoms with Crippen LogP contribution in [0.1, 0.15) is 68.0 Å². The number of hydrogen-bond donors (Lipinski definition) is 0. The lowest BCUT2D eigenvalue weighted by molar-refractivity contribution is -0.131. The Hall–Kier alpha value is -4.78. The molecule has 0 aliphatic heterocycles. The maximum Gasteiger partial charge on any atom is 0.519 e. The Kier molecular flexibility index (Phi) is 9.99. The van der Waals surface area contributed by atoms with Crippen LogP contribution in [0.3, 0.4) is 0 Å². The van der Waals surface area contributed by atoms with Gasteiger partial charge in [0.15, 0.2) is 0 Å². The molecular formula is C37H40O7. The summed E-state index contributed by atoms with van der Waals surface area (Å²) in [6.07, 6.45) is 0.636. The number of methoxy groups -OCH3 is 1. The monoisotopic (exact) mass is 596 g/mol. The van der Waals surface area contributed by atoms with Crippen LogP contribution in [0.25, 0.3) is 0 Å². The van der Waals surface area contributed by atoms with Crippen LogP contribution < -0.4 is 23.7 Å². The number of carbonyl (C=O) groups is 2. The molecule has 230 valence electrons. The highest BCUT2D eigenvalue weighted by molar-refractivity contribution is 5.70. The molecular weight excluding hydrogens is 556 g/mol. The van der Waals surface area contributed by atoms with Crippen molar-refractivity contribution in [3.05, 3.63) is 106 Å². The average Bonchev–Trinajstić information content (AvgIpc) is 2.99. The SMILES string of the molecule is CCc1cc(Oc2ccc(OC(=O)Oc3ccc(C(C)(C)c4ccc(OC(C)=O)c(C)c4)cc3C)c(CC)c2)ccc1OC. The zero-order valence-electron chi connectivity index (χ0n) is 26.7. The third kappa shape index (κ3) is 7.40. The number of aryl methyl sites for hydroxylation is 4. The van der Waals surface area contributed by atoms with Gasteiger partial charge in [-0.25, -0.2) is 4.79 Å². The Morgan fingerprint density at radius 3 is 1.57 bits per heavy atom. The first kappa shape index (κ1) is 32.1. The molecule has 4 aromatic carbocycles. The highest BCUT2D eigenvalue weighted by Gasteiger charge is 2.25. The van der Waals surface area contributed by atoms with E-state index in [1.54, 1.807) is 25.3 Å². The lowest BCUT2D eigenvalue weighted by atomic mass is 9.77. The van der Waals surface area contributed by atoms with Crippen LogP contribution in [0.2, 0.25) is 0 Å². The molecule has 0 fully saturated rings. The van der Waals surface area contributed by atoms with Crippen molar-refractivity contribution in [3.8, 4) is 34.5 Å². The van der Waals surface area contributed by atoms with E-state index in [0.29, 0.717) is 35.2 Å². The van der Waals surface area contributed by atoms with E-state index >= 15 is 0 Å². The van der Waals surface area contributed by atoms with Crippen molar-refractivity contribution < 1.29 is 33.3 Å². The van der Waals surface area contributed by atoms with Crippen molar-refractivity contribution in [1.82, 2.24) is 0 Å². The number of ether oxygens (including phenoxy) is 5. The third-order valence-electron chi connectivity index (χ3n) is 7.71. The fourth-order valence-electron chi connectivity index (χ4n) is 5.05. The number of esters is 1. The number of rotatable bonds is 10. The summed E-state index contributed by atoms with van der Waals surface area (Å²) >= 11 is 0. The van der Waals surface area contributed by atoms with Crippen molar-refractivity contribution in [2.24, 2.45) is 0 Å². The molecule has 0 saturated carbocycles. The summed E-state index contributed by atoms with van der Waals surface area (Å²) in [6, 6.07) is 22.6. The molecule has 4 aromatic rings. The summed E-state index contributed by atoms with van der Waals surface area (Å²) in [4.78, 5) is 24.2. The average molecular weight is 597 g/mol. The van der Waals surface area contributed by atoms with Crippen LogP contribution in [0.15, 0.2) is 72.8 Å². The van der Waals surface area contributed by atoms with Crippen molar-refractivity contribution in [2.45, 2.75) is 66.7 Å². The third-order valence-corrected chi connectivity index (χ3v) is 7.71. The molecule has 4 rings (SSSR count). The molecule has 7 heteroatoms. The van der Waals surface area contributed by atoms with Gasteiger partial charge in [-0.15, -0.1) is 0 Å². The van der Waals surface area contributed by atoms with Crippen LogP contribution in [0, 0.1) is 13.8 Å². The van der Waals surface area contributed by atoms with Gasteiger partial charge in [0.1, 0.15) is 34.5 Å². The van der Waals surface area contributed by atoms with Gasteiger partial charge in [-0.1, -0.05) is 52.0 Å². The van der Waals surface area contributed by atoms with Crippen LogP contribution in [-0.4, -0.2) is 19.2 Å². The minimum atomic E-state index is -0.817. The van der Waals surface area contributed by atoms with Gasteiger partial charge in [0, 0.05) is 12.3 Å². The Labute approximate surface area is 259 Å². The fourth-order valence-corrected chi connectivity index (χ4v) is 5.05. The Bertz CT molecular complexity index is 1670. The second-order valence-electron chi connectivity index (χ2n) is 11.2. The van der Waals surface area contributed by atoms with Gasteiger partial charge in [0.25, 0.3) is 0 Å². The van der Waals surface area contributed by atoms with Crippen molar-refractivity contribution in [1.29, 1.82) is 0 Å². The predicted octanol–water partition coefficient (Wildman–Crippen LogP) is 9.06. The minimum absolute atomic E-state index is 0.350. The summed E-state index contributed by atoms with van der Waals surface area (Å²) in [5, 5.41) is 0. The molecule has 0 heterocycles. The van der Waals surface area contributed by atoms with E-state index in [9.17, 15) is 9.59 Å². The van der Waals surface area contributed by atoms with Gasteiger partial charge in [-0.2, -0.15) is 0 Å². The second-order valence-corrected chi connectivity index (χ2v) is 11.2. The van der Waals surface area contributed by atoms with Crippen molar-refractivity contribution >= 4 is 12.1 Å². The van der Waals surface area contributed by atoms with E-state index in [2.05, 4.69) is 20.8 Å². The highest BCUT2D eigenvalue weighted by atomic mass is 16.7. The Balaban J connectivity index is 1.45. The van der Waals surface area contributed by atoms with E-state index in [1.165, 1.54) is 6.92 Å². The van der Waals surface area contributed by atoms with Gasteiger partial charge in [-0.05, 0) is 109 Å². The molecule has 7 nitrogen and oxygen atoms in total. The first-order chi connectivity index (χ1) is 20.9. The standard InChI is InChI=1S/C37H40O7/c1-9-26-21-30(13-17-34(26)40-8)42-31-14-18-35(27(10-2)22-31)44-36(39)43-33-16-12-29(20-24(33)4)37(6,7)28-11-15-32(23(3)19-28)41-25(5)38/h11-22H,9-10H2,1-8H3. The molecule has 0 atom stereocenters. The highest BCUT2D eigenvalue weighted by Crippen LogP contribution is 2.36. The maximum absolute atomic E-state index is 12.8. The minimum Gasteiger partial charge on any atom is -0.496 e. The van der Waals surface area contributed by atoms with E-state index in [1.807, 2.05) is 75.4 Å². The molecule has 0 aliphatic rings. The van der Waals surface area contributed by atoms with Crippen LogP contribution in [0.5, 0.6) is 34.5 Å². The lowest BCUT2D eigenvalue weighted by Gasteiger charge is -2.27. The van der Waals surface area contributed by atoms with E-state index in [-0.39, 0.29) is 11.4 Å². The van der Waals surface area contributed by atoms with E-state index < -0.39 is 6.16 Å². The zero-order valence-corrected chi connectivity index (χ0v) is 26.7. The molecule has 44 heavy (non-hydrogen) atoms. The molecule has 0 N–H and O–H groups in total. The number of hydrogen-bond acceptors (Lipinski definition) is 7. The van der Waals surface area contributed by atoms with Gasteiger partial charge >= 0.3 is 12.1 Å². The summed E-state index contributed by atoms with van der Waals surface area (Å²) in [7, 11) is 1.65. The smallest absolute Gasteiger partial charge is 0.496 e. The molecule has 0 radical (unpaired) electrons. The topological polar surface area (TPSA) is 80.3 Å². The quantitative estimate of drug-likeness (QED) is 0.103. The molecule has 0 amide bonds. The van der Waals surface area contributed by atoms with Crippen molar-refractivity contribution in [2.75, 3.05) is 7.11 Å². The predicted molar refractivity (Wildman–Crippen MR) is 171 cm³/mol. The molecule has 0 bridgehead atoms. The second kappa shape index (κ2) is 13.7. The lowest BCUT2D eigenvalue weighted by Crippen LogP contribution is -2.20. The largest absolute Gasteiger partial charge is 0.519 e. The molecule has 0 aromatic heterocycles. The van der Waals surface area contributed by atoms with Gasteiger partial charge in [0.2, 0.25) is 0 Å². The zero-order chi connectivity index (χ0) is 32.0. The summed E-state index contributed by atoms with van der Waals surface area (Å²) in [5.41, 5.74) is 5.30. The number of carbonyl (C=O) groups excluding carboxylic acids is 2. The normalized spacial score (nSPS) is 11.1. The van der Waals surface area contributed by atoms with Gasteiger partial charge < -0.3 is 23.7 Å². The molecule has 0 saturated heterocycles. The van der Waals surface area contributed by atoms with E-state index in [0.717, 1.165) is 45.6 Å². The summed E-state index contributed by atoms with van der Waals surface area (Å²) < 4.78 is 28.0. The maximum atomic E-state index is 12.8. The van der Waals surface area contributed by atoms with Gasteiger partial charge in [-0.3, -0.25) is 4.79 Å². The fraction of sp³-hybridized carbons (Fsp3) is 0.297. The molecule has 0 spiro atoms. The van der Waals surface area contributed by atoms with Crippen LogP contribution in [-0.2, 0) is 23.1 Å². The number of benzene rings is 4. The Morgan fingerprint density at radius 2 is 1.09 bits per heavy atom. The van der Waals surface area contributed by atoms with Crippen molar-refractivity contribution in [3.63, 3.8) is 0 Å². The summed E-state index contributed by atoms with van der Waals surface area (Å²) in [6.45, 7) is 13.5. The van der Waals surface area contributed by atoms with Gasteiger partial charge in [0.05, 0.1) is 7.11 Å². The molecule has 0 unspecified atom stereocenters. The van der Waals surface area contributed by atoms with E-state index in [4.69, 9.17) is 23.7 Å². The van der Waals surface area contributed by atoms with Crippen LogP contribution >= 0.6 is 0 Å².